The van der Waals surface area contributed by atoms with Crippen molar-refractivity contribution in [3.05, 3.63) is 77.1 Å². The Bertz CT molecular complexity index is 1390. The van der Waals surface area contributed by atoms with Gasteiger partial charge in [-0.3, -0.25) is 14.5 Å². The lowest BCUT2D eigenvalue weighted by atomic mass is 9.95. The van der Waals surface area contributed by atoms with Gasteiger partial charge in [0.25, 0.3) is 5.91 Å². The van der Waals surface area contributed by atoms with Crippen LogP contribution in [0.5, 0.6) is 0 Å². The fourth-order valence-electron chi connectivity index (χ4n) is 4.56. The van der Waals surface area contributed by atoms with Crippen LogP contribution in [-0.2, 0) is 20.5 Å². The van der Waals surface area contributed by atoms with E-state index in [1.807, 2.05) is 19.1 Å². The first-order valence-corrected chi connectivity index (χ1v) is 10.7. The van der Waals surface area contributed by atoms with E-state index in [1.165, 1.54) is 10.9 Å². The van der Waals surface area contributed by atoms with Crippen LogP contribution in [0.4, 0.5) is 13.2 Å². The SMILES string of the molecule is C[C@H]1c2nn(C)c(-c3cc(F)c(F)c(F)c3)c2CCN1C(=O)c1cnc(-c2ccccn2)n1C. The third kappa shape index (κ3) is 3.37. The predicted molar refractivity (Wildman–Crippen MR) is 118 cm³/mol. The molecule has 0 N–H and O–H groups in total. The lowest BCUT2D eigenvalue weighted by molar-refractivity contribution is 0.0664. The number of hydrogen-bond donors (Lipinski definition) is 0. The number of carbonyl (C=O) groups excluding carboxylic acids is 1. The summed E-state index contributed by atoms with van der Waals surface area (Å²) in [5.41, 5.74) is 3.19. The van der Waals surface area contributed by atoms with E-state index in [2.05, 4.69) is 15.1 Å². The second kappa shape index (κ2) is 8.12. The molecule has 0 saturated heterocycles. The number of hydrogen-bond acceptors (Lipinski definition) is 4. The highest BCUT2D eigenvalue weighted by Gasteiger charge is 2.35. The summed E-state index contributed by atoms with van der Waals surface area (Å²) in [5.74, 6) is -3.65. The Balaban J connectivity index is 1.48. The van der Waals surface area contributed by atoms with Gasteiger partial charge in [-0.2, -0.15) is 5.10 Å². The third-order valence-electron chi connectivity index (χ3n) is 6.26. The fraction of sp³-hybridized carbons (Fsp3) is 0.250. The zero-order valence-electron chi connectivity index (χ0n) is 18.8. The van der Waals surface area contributed by atoms with Crippen LogP contribution in [0.15, 0.2) is 42.7 Å². The van der Waals surface area contributed by atoms with Crippen molar-refractivity contribution in [2.24, 2.45) is 14.1 Å². The molecule has 1 amide bonds. The number of nitrogens with zero attached hydrogens (tertiary/aromatic N) is 6. The van der Waals surface area contributed by atoms with E-state index < -0.39 is 17.5 Å². The Hall–Kier alpha value is -3.95. The second-order valence-corrected chi connectivity index (χ2v) is 8.26. The molecule has 0 spiro atoms. The first kappa shape index (κ1) is 21.9. The number of imidazole rings is 1. The zero-order chi connectivity index (χ0) is 24.1. The van der Waals surface area contributed by atoms with Crippen LogP contribution >= 0.6 is 0 Å². The number of pyridine rings is 1. The summed E-state index contributed by atoms with van der Waals surface area (Å²) >= 11 is 0. The standard InChI is InChI=1S/C24H21F3N6O/c1-13-21-15(22(32(3)30-21)14-10-16(25)20(27)17(26)11-14)7-9-33(13)24(34)19-12-29-23(31(19)2)18-6-4-5-8-28-18/h4-6,8,10-13H,7,9H2,1-3H3/t13-/m0/s1. The van der Waals surface area contributed by atoms with Crippen molar-refractivity contribution in [2.45, 2.75) is 19.4 Å². The van der Waals surface area contributed by atoms with E-state index >= 15 is 0 Å². The minimum Gasteiger partial charge on any atom is -0.329 e. The number of aryl methyl sites for hydroxylation is 1. The van der Waals surface area contributed by atoms with Crippen LogP contribution in [0, 0.1) is 17.5 Å². The molecule has 0 unspecified atom stereocenters. The minimum absolute atomic E-state index is 0.200. The van der Waals surface area contributed by atoms with Crippen molar-refractivity contribution >= 4 is 5.91 Å². The fourth-order valence-corrected chi connectivity index (χ4v) is 4.56. The van der Waals surface area contributed by atoms with E-state index in [1.54, 1.807) is 35.8 Å². The maximum atomic E-state index is 13.9. The molecule has 0 bridgehead atoms. The van der Waals surface area contributed by atoms with E-state index in [0.717, 1.165) is 17.7 Å². The maximum absolute atomic E-state index is 13.9. The van der Waals surface area contributed by atoms with Crippen LogP contribution in [0.1, 0.15) is 34.7 Å². The van der Waals surface area contributed by atoms with Gasteiger partial charge < -0.3 is 9.47 Å². The molecule has 34 heavy (non-hydrogen) atoms. The van der Waals surface area contributed by atoms with Crippen molar-refractivity contribution in [3.8, 4) is 22.8 Å². The Morgan fingerprint density at radius 2 is 1.82 bits per heavy atom. The predicted octanol–water partition coefficient (Wildman–Crippen LogP) is 4.06. The maximum Gasteiger partial charge on any atom is 0.272 e. The number of aromatic nitrogens is 5. The summed E-state index contributed by atoms with van der Waals surface area (Å²) in [6.07, 6.45) is 3.62. The second-order valence-electron chi connectivity index (χ2n) is 8.26. The van der Waals surface area contributed by atoms with Crippen molar-refractivity contribution in [2.75, 3.05) is 6.54 Å². The largest absolute Gasteiger partial charge is 0.329 e. The highest BCUT2D eigenvalue weighted by atomic mass is 19.2. The minimum atomic E-state index is -1.51. The zero-order valence-corrected chi connectivity index (χ0v) is 18.8. The lowest BCUT2D eigenvalue weighted by Crippen LogP contribution is -2.39. The monoisotopic (exact) mass is 466 g/mol. The van der Waals surface area contributed by atoms with Gasteiger partial charge in [0.15, 0.2) is 23.3 Å². The molecule has 4 heterocycles. The molecule has 1 aliphatic rings. The van der Waals surface area contributed by atoms with Crippen molar-refractivity contribution < 1.29 is 18.0 Å². The van der Waals surface area contributed by atoms with E-state index in [0.29, 0.717) is 41.6 Å². The highest BCUT2D eigenvalue weighted by Crippen LogP contribution is 2.37. The Labute approximate surface area is 193 Å². The molecule has 5 rings (SSSR count). The van der Waals surface area contributed by atoms with Gasteiger partial charge in [0.05, 0.1) is 23.6 Å². The van der Waals surface area contributed by atoms with Crippen LogP contribution < -0.4 is 0 Å². The lowest BCUT2D eigenvalue weighted by Gasteiger charge is -2.33. The van der Waals surface area contributed by atoms with Crippen LogP contribution in [0.25, 0.3) is 22.8 Å². The molecule has 4 aromatic rings. The molecule has 1 aromatic carbocycles. The van der Waals surface area contributed by atoms with E-state index in [9.17, 15) is 18.0 Å². The number of fused-ring (bicyclic) bond motifs is 1. The van der Waals surface area contributed by atoms with Crippen LogP contribution in [0.3, 0.4) is 0 Å². The van der Waals surface area contributed by atoms with Crippen molar-refractivity contribution in [3.63, 3.8) is 0 Å². The Kier molecular flexibility index (Phi) is 5.22. The van der Waals surface area contributed by atoms with Crippen molar-refractivity contribution in [1.82, 2.24) is 29.2 Å². The average molecular weight is 466 g/mol. The first-order chi connectivity index (χ1) is 16.3. The van der Waals surface area contributed by atoms with Gasteiger partial charge in [-0.15, -0.1) is 0 Å². The first-order valence-electron chi connectivity index (χ1n) is 10.7. The Morgan fingerprint density at radius 3 is 2.50 bits per heavy atom. The van der Waals surface area contributed by atoms with Gasteiger partial charge in [0, 0.05) is 38.0 Å². The summed E-state index contributed by atoms with van der Waals surface area (Å²) in [5, 5.41) is 4.54. The number of carbonyl (C=O) groups is 1. The molecule has 1 aliphatic heterocycles. The van der Waals surface area contributed by atoms with Crippen LogP contribution in [-0.4, -0.2) is 41.7 Å². The van der Waals surface area contributed by atoms with Crippen LogP contribution in [0.2, 0.25) is 0 Å². The van der Waals surface area contributed by atoms with Gasteiger partial charge in [0.1, 0.15) is 11.4 Å². The molecule has 0 aliphatic carbocycles. The molecule has 10 heteroatoms. The average Bonchev–Trinajstić information content (AvgIpc) is 3.37. The highest BCUT2D eigenvalue weighted by molar-refractivity contribution is 5.93. The number of rotatable bonds is 3. The molecule has 0 radical (unpaired) electrons. The van der Waals surface area contributed by atoms with Gasteiger partial charge in [-0.1, -0.05) is 6.07 Å². The topological polar surface area (TPSA) is 68.8 Å². The third-order valence-corrected chi connectivity index (χ3v) is 6.26. The molecule has 1 atom stereocenters. The number of halogens is 3. The van der Waals surface area contributed by atoms with Gasteiger partial charge in [0.2, 0.25) is 0 Å². The smallest absolute Gasteiger partial charge is 0.272 e. The molecular weight excluding hydrogens is 445 g/mol. The molecule has 3 aromatic heterocycles. The normalized spacial score (nSPS) is 15.5. The summed E-state index contributed by atoms with van der Waals surface area (Å²) in [7, 11) is 3.42. The van der Waals surface area contributed by atoms with Gasteiger partial charge >= 0.3 is 0 Å². The summed E-state index contributed by atoms with van der Waals surface area (Å²) in [4.78, 5) is 23.8. The summed E-state index contributed by atoms with van der Waals surface area (Å²) in [6, 6.07) is 7.02. The quantitative estimate of drug-likeness (QED) is 0.427. The molecular formula is C24H21F3N6O. The van der Waals surface area contributed by atoms with Gasteiger partial charge in [-0.25, -0.2) is 18.2 Å². The Morgan fingerprint density at radius 1 is 1.09 bits per heavy atom. The summed E-state index contributed by atoms with van der Waals surface area (Å²) < 4.78 is 44.5. The van der Waals surface area contributed by atoms with E-state index in [-0.39, 0.29) is 17.5 Å². The molecule has 0 saturated carbocycles. The number of amides is 1. The molecule has 174 valence electrons. The van der Waals surface area contributed by atoms with Crippen molar-refractivity contribution in [1.29, 1.82) is 0 Å². The summed E-state index contributed by atoms with van der Waals surface area (Å²) in [6.45, 7) is 2.23. The van der Waals surface area contributed by atoms with E-state index in [4.69, 9.17) is 0 Å². The molecule has 7 nitrogen and oxygen atoms in total. The number of benzene rings is 1. The molecule has 0 fully saturated rings. The van der Waals surface area contributed by atoms with Gasteiger partial charge in [-0.05, 0) is 37.6 Å².